The standard InChI is InChI=1S/C27H32N2O4S/c1-27(2,3)29(26(31)21-14-22(32-4)16-23(15-21)33-5)19-25(30)28(18-24-12-9-13-34-24)17-20-10-7-6-8-11-20/h6-16H,17-19H2,1-5H3. The second kappa shape index (κ2) is 11.2. The highest BCUT2D eigenvalue weighted by Gasteiger charge is 2.31. The van der Waals surface area contributed by atoms with Crippen LogP contribution in [-0.4, -0.2) is 47.9 Å². The molecular weight excluding hydrogens is 448 g/mol. The average molecular weight is 481 g/mol. The summed E-state index contributed by atoms with van der Waals surface area (Å²) >= 11 is 1.61. The van der Waals surface area contributed by atoms with E-state index in [0.29, 0.717) is 30.2 Å². The molecule has 0 aliphatic rings. The van der Waals surface area contributed by atoms with Crippen LogP contribution in [0.15, 0.2) is 66.0 Å². The molecule has 0 N–H and O–H groups in total. The van der Waals surface area contributed by atoms with E-state index in [0.717, 1.165) is 10.4 Å². The van der Waals surface area contributed by atoms with E-state index in [9.17, 15) is 9.59 Å². The third kappa shape index (κ3) is 6.60. The molecule has 1 heterocycles. The molecule has 0 aliphatic heterocycles. The molecule has 0 fully saturated rings. The first-order valence-corrected chi connectivity index (χ1v) is 12.0. The molecule has 0 bridgehead atoms. The summed E-state index contributed by atoms with van der Waals surface area (Å²) in [6.45, 7) is 6.70. The Hall–Kier alpha value is -3.32. The molecule has 0 atom stereocenters. The largest absolute Gasteiger partial charge is 0.497 e. The van der Waals surface area contributed by atoms with Crippen LogP contribution in [0.4, 0.5) is 0 Å². The maximum Gasteiger partial charge on any atom is 0.255 e. The lowest BCUT2D eigenvalue weighted by Gasteiger charge is -2.37. The number of rotatable bonds is 9. The number of thiophene rings is 1. The van der Waals surface area contributed by atoms with Gasteiger partial charge in [-0.25, -0.2) is 0 Å². The van der Waals surface area contributed by atoms with Crippen LogP contribution in [0.25, 0.3) is 0 Å². The van der Waals surface area contributed by atoms with Crippen LogP contribution >= 0.6 is 11.3 Å². The van der Waals surface area contributed by atoms with Crippen LogP contribution in [0.5, 0.6) is 11.5 Å². The lowest BCUT2D eigenvalue weighted by atomic mass is 10.0. The summed E-state index contributed by atoms with van der Waals surface area (Å²) in [6, 6.07) is 18.9. The zero-order valence-corrected chi connectivity index (χ0v) is 21.2. The lowest BCUT2D eigenvalue weighted by Crippen LogP contribution is -2.51. The Morgan fingerprint density at radius 3 is 2.06 bits per heavy atom. The Morgan fingerprint density at radius 2 is 1.53 bits per heavy atom. The van der Waals surface area contributed by atoms with Gasteiger partial charge in [-0.1, -0.05) is 36.4 Å². The highest BCUT2D eigenvalue weighted by molar-refractivity contribution is 7.09. The number of carbonyl (C=O) groups excluding carboxylic acids is 2. The molecule has 0 saturated heterocycles. The minimum atomic E-state index is -0.579. The molecule has 6 nitrogen and oxygen atoms in total. The molecule has 7 heteroatoms. The minimum Gasteiger partial charge on any atom is -0.497 e. The van der Waals surface area contributed by atoms with Crippen molar-refractivity contribution in [3.8, 4) is 11.5 Å². The second-order valence-corrected chi connectivity index (χ2v) is 10.0. The van der Waals surface area contributed by atoms with Crippen molar-refractivity contribution in [3.63, 3.8) is 0 Å². The molecule has 0 aliphatic carbocycles. The zero-order chi connectivity index (χ0) is 24.7. The van der Waals surface area contributed by atoms with Gasteiger partial charge < -0.3 is 19.3 Å². The van der Waals surface area contributed by atoms with E-state index in [1.807, 2.05) is 68.6 Å². The predicted octanol–water partition coefficient (Wildman–Crippen LogP) is 5.24. The maximum absolute atomic E-state index is 13.6. The summed E-state index contributed by atoms with van der Waals surface area (Å²) in [6.07, 6.45) is 0. The summed E-state index contributed by atoms with van der Waals surface area (Å²) in [5.41, 5.74) is 0.870. The van der Waals surface area contributed by atoms with Gasteiger partial charge in [-0.15, -0.1) is 11.3 Å². The SMILES string of the molecule is COc1cc(OC)cc(C(=O)N(CC(=O)N(Cc2ccccc2)Cc2cccs2)C(C)(C)C)c1. The number of nitrogens with zero attached hydrogens (tertiary/aromatic N) is 2. The first-order valence-electron chi connectivity index (χ1n) is 11.1. The van der Waals surface area contributed by atoms with Gasteiger partial charge in [0.2, 0.25) is 5.91 Å². The molecule has 0 spiro atoms. The van der Waals surface area contributed by atoms with Crippen LogP contribution in [-0.2, 0) is 17.9 Å². The van der Waals surface area contributed by atoms with Gasteiger partial charge in [0.1, 0.15) is 18.0 Å². The van der Waals surface area contributed by atoms with E-state index in [-0.39, 0.29) is 18.4 Å². The van der Waals surface area contributed by atoms with Crippen molar-refractivity contribution in [2.24, 2.45) is 0 Å². The van der Waals surface area contributed by atoms with Crippen LogP contribution in [0.1, 0.15) is 41.6 Å². The molecule has 2 amide bonds. The molecule has 34 heavy (non-hydrogen) atoms. The highest BCUT2D eigenvalue weighted by Crippen LogP contribution is 2.26. The van der Waals surface area contributed by atoms with E-state index >= 15 is 0 Å². The topological polar surface area (TPSA) is 59.1 Å². The second-order valence-electron chi connectivity index (χ2n) is 8.98. The van der Waals surface area contributed by atoms with Gasteiger partial charge in [0.25, 0.3) is 5.91 Å². The first kappa shape index (κ1) is 25.3. The van der Waals surface area contributed by atoms with Gasteiger partial charge in [0, 0.05) is 28.6 Å². The Balaban J connectivity index is 1.88. The number of ether oxygens (including phenoxy) is 2. The number of carbonyl (C=O) groups is 2. The predicted molar refractivity (Wildman–Crippen MR) is 135 cm³/mol. The zero-order valence-electron chi connectivity index (χ0n) is 20.4. The van der Waals surface area contributed by atoms with Crippen molar-refractivity contribution in [2.45, 2.75) is 39.4 Å². The third-order valence-electron chi connectivity index (χ3n) is 5.44. The Labute approximate surface area is 205 Å². The summed E-state index contributed by atoms with van der Waals surface area (Å²) in [4.78, 5) is 31.7. The summed E-state index contributed by atoms with van der Waals surface area (Å²) in [5, 5.41) is 2.00. The minimum absolute atomic E-state index is 0.0416. The van der Waals surface area contributed by atoms with Gasteiger partial charge in [-0.2, -0.15) is 0 Å². The molecule has 0 unspecified atom stereocenters. The fraction of sp³-hybridized carbons (Fsp3) is 0.333. The third-order valence-corrected chi connectivity index (χ3v) is 6.30. The molecule has 180 valence electrons. The summed E-state index contributed by atoms with van der Waals surface area (Å²) in [7, 11) is 3.08. The van der Waals surface area contributed by atoms with Crippen LogP contribution in [0, 0.1) is 0 Å². The van der Waals surface area contributed by atoms with Crippen molar-refractivity contribution in [1.82, 2.24) is 9.80 Å². The first-order chi connectivity index (χ1) is 16.2. The van der Waals surface area contributed by atoms with Gasteiger partial charge in [0.05, 0.1) is 20.8 Å². The fourth-order valence-electron chi connectivity index (χ4n) is 3.56. The number of benzene rings is 2. The molecule has 0 radical (unpaired) electrons. The molecule has 1 aromatic heterocycles. The molecule has 3 rings (SSSR count). The average Bonchev–Trinajstić information content (AvgIpc) is 3.34. The molecular formula is C27H32N2O4S. The van der Waals surface area contributed by atoms with Crippen LogP contribution < -0.4 is 9.47 Å². The monoisotopic (exact) mass is 480 g/mol. The Morgan fingerprint density at radius 1 is 0.882 bits per heavy atom. The maximum atomic E-state index is 13.6. The van der Waals surface area contributed by atoms with Crippen molar-refractivity contribution in [2.75, 3.05) is 20.8 Å². The smallest absolute Gasteiger partial charge is 0.255 e. The van der Waals surface area contributed by atoms with E-state index in [2.05, 4.69) is 0 Å². The Kier molecular flexibility index (Phi) is 8.34. The summed E-state index contributed by atoms with van der Waals surface area (Å²) in [5.74, 6) is 0.668. The van der Waals surface area contributed by atoms with Gasteiger partial charge in [-0.05, 0) is 49.9 Å². The normalized spacial score (nSPS) is 11.1. The van der Waals surface area contributed by atoms with E-state index in [1.165, 1.54) is 0 Å². The van der Waals surface area contributed by atoms with Crippen LogP contribution in [0.3, 0.4) is 0 Å². The van der Waals surface area contributed by atoms with Crippen LogP contribution in [0.2, 0.25) is 0 Å². The quantitative estimate of drug-likeness (QED) is 0.421. The highest BCUT2D eigenvalue weighted by atomic mass is 32.1. The molecule has 3 aromatic rings. The molecule has 2 aromatic carbocycles. The van der Waals surface area contributed by atoms with E-state index in [1.54, 1.807) is 53.6 Å². The van der Waals surface area contributed by atoms with E-state index < -0.39 is 5.54 Å². The number of hydrogen-bond donors (Lipinski definition) is 0. The van der Waals surface area contributed by atoms with Gasteiger partial charge >= 0.3 is 0 Å². The van der Waals surface area contributed by atoms with Gasteiger partial charge in [0.15, 0.2) is 0 Å². The van der Waals surface area contributed by atoms with Gasteiger partial charge in [-0.3, -0.25) is 9.59 Å². The van der Waals surface area contributed by atoms with E-state index in [4.69, 9.17) is 9.47 Å². The van der Waals surface area contributed by atoms with Crippen molar-refractivity contribution < 1.29 is 19.1 Å². The Bertz CT molecular complexity index is 1070. The van der Waals surface area contributed by atoms with Crippen molar-refractivity contribution >= 4 is 23.2 Å². The molecule has 0 saturated carbocycles. The number of amides is 2. The number of hydrogen-bond acceptors (Lipinski definition) is 5. The fourth-order valence-corrected chi connectivity index (χ4v) is 4.28. The lowest BCUT2D eigenvalue weighted by molar-refractivity contribution is -0.134. The number of methoxy groups -OCH3 is 2. The van der Waals surface area contributed by atoms with Crippen molar-refractivity contribution in [1.29, 1.82) is 0 Å². The summed E-state index contributed by atoms with van der Waals surface area (Å²) < 4.78 is 10.7. The van der Waals surface area contributed by atoms with Crippen molar-refractivity contribution in [3.05, 3.63) is 82.0 Å².